The van der Waals surface area contributed by atoms with Crippen LogP contribution in [0, 0.1) is 0 Å². The highest BCUT2D eigenvalue weighted by Crippen LogP contribution is 2.33. The van der Waals surface area contributed by atoms with Crippen molar-refractivity contribution in [1.82, 2.24) is 10.6 Å². The maximum Gasteiger partial charge on any atom is 0.168 e. The van der Waals surface area contributed by atoms with E-state index in [1.54, 1.807) is 0 Å². The van der Waals surface area contributed by atoms with Gasteiger partial charge in [0.1, 0.15) is 48.3 Å². The maximum atomic E-state index is 11.0. The van der Waals surface area contributed by atoms with Crippen LogP contribution in [0.1, 0.15) is 22.3 Å². The van der Waals surface area contributed by atoms with Crippen molar-refractivity contribution in [2.45, 2.75) is 87.0 Å². The number of ether oxygens (including phenoxy) is 5. The van der Waals surface area contributed by atoms with Gasteiger partial charge in [0.2, 0.25) is 0 Å². The predicted molar refractivity (Wildman–Crippen MR) is 203 cm³/mol. The van der Waals surface area contributed by atoms with Gasteiger partial charge in [-0.15, -0.1) is 0 Å². The molecule has 0 bridgehead atoms. The third-order valence-corrected chi connectivity index (χ3v) is 10.00. The highest BCUT2D eigenvalue weighted by atomic mass is 32.1. The Hall–Kier alpha value is -3.83. The molecule has 1 saturated heterocycles. The molecule has 13 heteroatoms. The molecule has 10 atom stereocenters. The van der Waals surface area contributed by atoms with E-state index in [9.17, 15) is 25.5 Å². The molecule has 12 nitrogen and oxygen atoms in total. The van der Waals surface area contributed by atoms with E-state index in [2.05, 4.69) is 10.6 Å². The molecule has 0 amide bonds. The Morgan fingerprint density at radius 1 is 0.611 bits per heavy atom. The largest absolute Gasteiger partial charge is 0.393 e. The molecular weight excluding hydrogens is 713 g/mol. The standard InChI is InChI=1S/C41H48N2O10S/c44-26-41(48)37(32(45)33(46)38(41)47)42-40(54)43-39-36(52-24-30-19-11-4-12-20-30)35(51-23-29-17-9-3-10-18-29)34(50-22-28-15-7-2-8-16-28)31(53-39)25-49-21-27-13-5-1-6-14-27/h1-20,31-39,44-48H,21-26H2,(H2,42,43,54)/t31-,32-,33-,34-,35+,36-,37-,38+,39+,41+/m1/s1. The summed E-state index contributed by atoms with van der Waals surface area (Å²) >= 11 is 5.67. The molecule has 4 aromatic rings. The molecule has 0 unspecified atom stereocenters. The minimum absolute atomic E-state index is 0.104. The number of benzene rings is 4. The van der Waals surface area contributed by atoms with E-state index in [-0.39, 0.29) is 31.5 Å². The van der Waals surface area contributed by atoms with Crippen LogP contribution in [0.3, 0.4) is 0 Å². The zero-order chi connectivity index (χ0) is 37.9. The number of hydrogen-bond donors (Lipinski definition) is 7. The first kappa shape index (κ1) is 39.9. The second-order valence-electron chi connectivity index (χ2n) is 13.6. The van der Waals surface area contributed by atoms with Crippen LogP contribution >= 0.6 is 12.2 Å². The van der Waals surface area contributed by atoms with Crippen molar-refractivity contribution >= 4 is 17.3 Å². The summed E-state index contributed by atoms with van der Waals surface area (Å²) in [7, 11) is 0. The molecular formula is C41H48N2O10S. The number of nitrogens with one attached hydrogen (secondary N) is 2. The highest BCUT2D eigenvalue weighted by Gasteiger charge is 2.59. The van der Waals surface area contributed by atoms with Gasteiger partial charge in [-0.1, -0.05) is 121 Å². The predicted octanol–water partition coefficient (Wildman–Crippen LogP) is 2.34. The van der Waals surface area contributed by atoms with Gasteiger partial charge in [-0.05, 0) is 34.5 Å². The molecule has 4 aromatic carbocycles. The fourth-order valence-corrected chi connectivity index (χ4v) is 7.02. The average Bonchev–Trinajstić information content (AvgIpc) is 3.36. The van der Waals surface area contributed by atoms with Crippen LogP contribution in [-0.2, 0) is 50.1 Å². The van der Waals surface area contributed by atoms with Crippen molar-refractivity contribution in [3.05, 3.63) is 144 Å². The van der Waals surface area contributed by atoms with Gasteiger partial charge in [0.05, 0.1) is 45.7 Å². The third kappa shape index (κ3) is 9.88. The molecule has 2 aliphatic rings. The van der Waals surface area contributed by atoms with Gasteiger partial charge >= 0.3 is 0 Å². The minimum atomic E-state index is -2.30. The summed E-state index contributed by atoms with van der Waals surface area (Å²) < 4.78 is 33.0. The summed E-state index contributed by atoms with van der Waals surface area (Å²) in [6.07, 6.45) is -9.28. The molecule has 1 saturated carbocycles. The van der Waals surface area contributed by atoms with Crippen molar-refractivity contribution < 1.29 is 49.2 Å². The number of aliphatic hydroxyl groups is 5. The lowest BCUT2D eigenvalue weighted by Crippen LogP contribution is -2.67. The van der Waals surface area contributed by atoms with Gasteiger partial charge in [0.15, 0.2) is 11.3 Å². The molecule has 7 N–H and O–H groups in total. The highest BCUT2D eigenvalue weighted by molar-refractivity contribution is 7.80. The summed E-state index contributed by atoms with van der Waals surface area (Å²) in [5.41, 5.74) is 1.46. The monoisotopic (exact) mass is 760 g/mol. The first-order valence-corrected chi connectivity index (χ1v) is 18.4. The molecule has 54 heavy (non-hydrogen) atoms. The number of thiocarbonyl (C=S) groups is 1. The van der Waals surface area contributed by atoms with Crippen LogP contribution in [-0.4, -0.2) is 104 Å². The van der Waals surface area contributed by atoms with E-state index >= 15 is 0 Å². The van der Waals surface area contributed by atoms with Gasteiger partial charge < -0.3 is 59.9 Å². The summed E-state index contributed by atoms with van der Waals surface area (Å²) in [5.74, 6) is 0. The van der Waals surface area contributed by atoms with Gasteiger partial charge in [-0.3, -0.25) is 0 Å². The van der Waals surface area contributed by atoms with Crippen molar-refractivity contribution in [2.75, 3.05) is 13.2 Å². The maximum absolute atomic E-state index is 11.0. The summed E-state index contributed by atoms with van der Waals surface area (Å²) in [4.78, 5) is 0. The first-order chi connectivity index (χ1) is 26.3. The number of aliphatic hydroxyl groups excluding tert-OH is 4. The zero-order valence-corrected chi connectivity index (χ0v) is 30.5. The van der Waals surface area contributed by atoms with E-state index in [1.807, 2.05) is 121 Å². The summed E-state index contributed by atoms with van der Waals surface area (Å²) in [6.45, 7) is 0.126. The Morgan fingerprint density at radius 3 is 1.54 bits per heavy atom. The molecule has 2 fully saturated rings. The Bertz CT molecular complexity index is 1710. The Labute approximate surface area is 320 Å². The topological polar surface area (TPSA) is 171 Å². The molecule has 0 spiro atoms. The minimum Gasteiger partial charge on any atom is -0.393 e. The fraction of sp³-hybridized carbons (Fsp3) is 0.390. The molecule has 1 aliphatic carbocycles. The van der Waals surface area contributed by atoms with E-state index in [1.165, 1.54) is 0 Å². The molecule has 1 heterocycles. The molecule has 6 rings (SSSR count). The van der Waals surface area contributed by atoms with Crippen LogP contribution in [0.2, 0.25) is 0 Å². The normalized spacial score (nSPS) is 29.5. The van der Waals surface area contributed by atoms with E-state index in [0.29, 0.717) is 6.61 Å². The summed E-state index contributed by atoms with van der Waals surface area (Å²) in [5, 5.41) is 58.3. The lowest BCUT2D eigenvalue weighted by atomic mass is 9.96. The quantitative estimate of drug-likeness (QED) is 0.0832. The van der Waals surface area contributed by atoms with E-state index < -0.39 is 67.2 Å². The van der Waals surface area contributed by atoms with Crippen LogP contribution < -0.4 is 10.6 Å². The zero-order valence-electron chi connectivity index (χ0n) is 29.7. The third-order valence-electron chi connectivity index (χ3n) is 9.76. The molecule has 288 valence electrons. The second kappa shape index (κ2) is 19.2. The second-order valence-corrected chi connectivity index (χ2v) is 14.0. The fourth-order valence-electron chi connectivity index (χ4n) is 6.78. The van der Waals surface area contributed by atoms with Gasteiger partial charge in [-0.2, -0.15) is 0 Å². The van der Waals surface area contributed by atoms with Crippen molar-refractivity contribution in [3.8, 4) is 0 Å². The van der Waals surface area contributed by atoms with E-state index in [0.717, 1.165) is 22.3 Å². The molecule has 0 aromatic heterocycles. The SMILES string of the molecule is OC[C@]1(O)[C@H](NC(=S)N[C@H]2O[C@H](COCc3ccccc3)[C@@H](OCc3ccccc3)[C@H](OCc3ccccc3)[C@H]2OCc2ccccc2)[C@H](O)[C@@H](O)[C@@H]1O. The van der Waals surface area contributed by atoms with Gasteiger partial charge in [-0.25, -0.2) is 0 Å². The lowest BCUT2D eigenvalue weighted by molar-refractivity contribution is -0.275. The van der Waals surface area contributed by atoms with Crippen LogP contribution in [0.4, 0.5) is 0 Å². The van der Waals surface area contributed by atoms with Crippen molar-refractivity contribution in [1.29, 1.82) is 0 Å². The van der Waals surface area contributed by atoms with Crippen molar-refractivity contribution in [3.63, 3.8) is 0 Å². The van der Waals surface area contributed by atoms with Gasteiger partial charge in [0.25, 0.3) is 0 Å². The Balaban J connectivity index is 1.31. The van der Waals surface area contributed by atoms with Crippen LogP contribution in [0.25, 0.3) is 0 Å². The number of hydrogen-bond acceptors (Lipinski definition) is 11. The molecule has 1 aliphatic heterocycles. The Kier molecular flexibility index (Phi) is 14.1. The lowest BCUT2D eigenvalue weighted by Gasteiger charge is -2.46. The van der Waals surface area contributed by atoms with Gasteiger partial charge in [0, 0.05) is 0 Å². The van der Waals surface area contributed by atoms with E-state index in [4.69, 9.17) is 35.9 Å². The smallest absolute Gasteiger partial charge is 0.168 e. The number of rotatable bonds is 16. The average molecular weight is 761 g/mol. The van der Waals surface area contributed by atoms with Crippen molar-refractivity contribution in [2.24, 2.45) is 0 Å². The van der Waals surface area contributed by atoms with Crippen LogP contribution in [0.15, 0.2) is 121 Å². The first-order valence-electron chi connectivity index (χ1n) is 17.9. The Morgan fingerprint density at radius 2 is 1.06 bits per heavy atom. The van der Waals surface area contributed by atoms with Crippen LogP contribution in [0.5, 0.6) is 0 Å². The molecule has 0 radical (unpaired) electrons. The summed E-state index contributed by atoms with van der Waals surface area (Å²) in [6, 6.07) is 37.4.